The van der Waals surface area contributed by atoms with Crippen LogP contribution in [0.25, 0.3) is 23.1 Å². The SMILES string of the molecule is CC(C)c1csc(C=Cc2ccc3c(=O)cc(C(=O)O)[nH]c3c2)n1. The highest BCUT2D eigenvalue weighted by atomic mass is 32.1. The van der Waals surface area contributed by atoms with E-state index in [1.165, 1.54) is 0 Å². The van der Waals surface area contributed by atoms with Gasteiger partial charge in [0.1, 0.15) is 10.7 Å². The maximum absolute atomic E-state index is 12.0. The molecule has 3 aromatic rings. The van der Waals surface area contributed by atoms with E-state index in [9.17, 15) is 9.59 Å². The molecule has 0 radical (unpaired) electrons. The summed E-state index contributed by atoms with van der Waals surface area (Å²) in [6.45, 7) is 4.20. The number of nitrogens with one attached hydrogen (secondary N) is 1. The number of hydrogen-bond acceptors (Lipinski definition) is 4. The summed E-state index contributed by atoms with van der Waals surface area (Å²) < 4.78 is 0. The van der Waals surface area contributed by atoms with Crippen molar-refractivity contribution in [3.63, 3.8) is 0 Å². The molecule has 0 amide bonds. The van der Waals surface area contributed by atoms with E-state index in [1.54, 1.807) is 23.5 Å². The van der Waals surface area contributed by atoms with Crippen molar-refractivity contribution >= 4 is 40.4 Å². The Balaban J connectivity index is 1.96. The second-order valence-electron chi connectivity index (χ2n) is 5.76. The van der Waals surface area contributed by atoms with Crippen LogP contribution in [0.4, 0.5) is 0 Å². The molecule has 24 heavy (non-hydrogen) atoms. The molecule has 2 N–H and O–H groups in total. The molecule has 2 aromatic heterocycles. The summed E-state index contributed by atoms with van der Waals surface area (Å²) in [5.74, 6) is -0.762. The summed E-state index contributed by atoms with van der Waals surface area (Å²) >= 11 is 1.58. The van der Waals surface area contributed by atoms with Gasteiger partial charge in [0.2, 0.25) is 0 Å². The minimum absolute atomic E-state index is 0.116. The quantitative estimate of drug-likeness (QED) is 0.752. The van der Waals surface area contributed by atoms with E-state index in [2.05, 4.69) is 23.8 Å². The summed E-state index contributed by atoms with van der Waals surface area (Å²) in [6.07, 6.45) is 3.81. The fraction of sp³-hybridized carbons (Fsp3) is 0.167. The number of fused-ring (bicyclic) bond motifs is 1. The number of aromatic amines is 1. The van der Waals surface area contributed by atoms with Crippen molar-refractivity contribution in [3.05, 3.63) is 61.8 Å². The molecule has 0 bridgehead atoms. The lowest BCUT2D eigenvalue weighted by molar-refractivity contribution is 0.0691. The molecule has 0 aliphatic rings. The fourth-order valence-corrected chi connectivity index (χ4v) is 3.17. The molecular formula is C18H16N2O3S. The number of carboxylic acid groups (broad SMARTS) is 1. The van der Waals surface area contributed by atoms with Gasteiger partial charge in [-0.1, -0.05) is 26.0 Å². The number of thiazole rings is 1. The third kappa shape index (κ3) is 3.28. The van der Waals surface area contributed by atoms with Gasteiger partial charge in [0, 0.05) is 16.8 Å². The molecule has 1 aromatic carbocycles. The average molecular weight is 340 g/mol. The zero-order valence-corrected chi connectivity index (χ0v) is 14.1. The number of hydrogen-bond donors (Lipinski definition) is 2. The maximum Gasteiger partial charge on any atom is 0.352 e. The van der Waals surface area contributed by atoms with Crippen molar-refractivity contribution in [1.82, 2.24) is 9.97 Å². The number of H-pyrrole nitrogens is 1. The Morgan fingerprint density at radius 1 is 1.29 bits per heavy atom. The lowest BCUT2D eigenvalue weighted by Crippen LogP contribution is -2.09. The molecule has 0 fully saturated rings. The number of rotatable bonds is 4. The van der Waals surface area contributed by atoms with Crippen LogP contribution in [0.15, 0.2) is 34.4 Å². The van der Waals surface area contributed by atoms with E-state index < -0.39 is 5.97 Å². The molecule has 0 spiro atoms. The lowest BCUT2D eigenvalue weighted by atomic mass is 10.1. The fourth-order valence-electron chi connectivity index (χ4n) is 2.30. The first kappa shape index (κ1) is 16.1. The number of carbonyl (C=O) groups is 1. The molecule has 2 heterocycles. The number of nitrogens with zero attached hydrogens (tertiary/aromatic N) is 1. The predicted molar refractivity (Wildman–Crippen MR) is 96.7 cm³/mol. The van der Waals surface area contributed by atoms with E-state index in [-0.39, 0.29) is 11.1 Å². The normalized spacial score (nSPS) is 11.6. The predicted octanol–water partition coefficient (Wildman–Crippen LogP) is 3.98. The van der Waals surface area contributed by atoms with Crippen molar-refractivity contribution in [2.75, 3.05) is 0 Å². The van der Waals surface area contributed by atoms with Crippen LogP contribution in [0.1, 0.15) is 46.5 Å². The van der Waals surface area contributed by atoms with Gasteiger partial charge in [-0.3, -0.25) is 4.79 Å². The second kappa shape index (κ2) is 6.41. The third-order valence-electron chi connectivity index (χ3n) is 3.63. The molecule has 0 atom stereocenters. The van der Waals surface area contributed by atoms with Crippen LogP contribution in [-0.2, 0) is 0 Å². The molecule has 0 aliphatic heterocycles. The monoisotopic (exact) mass is 340 g/mol. The van der Waals surface area contributed by atoms with Gasteiger partial charge in [-0.25, -0.2) is 9.78 Å². The van der Waals surface area contributed by atoms with Crippen LogP contribution in [0.3, 0.4) is 0 Å². The smallest absolute Gasteiger partial charge is 0.352 e. The maximum atomic E-state index is 12.0. The van der Waals surface area contributed by atoms with Crippen molar-refractivity contribution in [2.45, 2.75) is 19.8 Å². The topological polar surface area (TPSA) is 83.0 Å². The minimum Gasteiger partial charge on any atom is -0.477 e. The number of benzene rings is 1. The first-order valence-electron chi connectivity index (χ1n) is 7.48. The Hall–Kier alpha value is -2.73. The van der Waals surface area contributed by atoms with E-state index in [1.807, 2.05) is 23.6 Å². The molecular weight excluding hydrogens is 324 g/mol. The standard InChI is InChI=1S/C18H16N2O3S/c1-10(2)15-9-24-17(20-15)6-4-11-3-5-12-13(7-11)19-14(18(22)23)8-16(12)21/h3-10H,1-2H3,(H,19,21)(H,22,23). The Morgan fingerprint density at radius 2 is 2.08 bits per heavy atom. The van der Waals surface area contributed by atoms with Gasteiger partial charge in [0.05, 0.1) is 11.2 Å². The lowest BCUT2D eigenvalue weighted by Gasteiger charge is -2.02. The van der Waals surface area contributed by atoms with Crippen LogP contribution < -0.4 is 5.43 Å². The molecule has 0 aliphatic carbocycles. The third-order valence-corrected chi connectivity index (χ3v) is 4.46. The molecule has 122 valence electrons. The largest absolute Gasteiger partial charge is 0.477 e. The average Bonchev–Trinajstić information content (AvgIpc) is 3.01. The van der Waals surface area contributed by atoms with Crippen LogP contribution in [-0.4, -0.2) is 21.0 Å². The molecule has 0 saturated carbocycles. The summed E-state index contributed by atoms with van der Waals surface area (Å²) in [6, 6.07) is 6.38. The molecule has 5 nitrogen and oxygen atoms in total. The van der Waals surface area contributed by atoms with Crippen molar-refractivity contribution in [3.8, 4) is 0 Å². The Kier molecular flexibility index (Phi) is 4.31. The first-order valence-corrected chi connectivity index (χ1v) is 8.36. The van der Waals surface area contributed by atoms with Gasteiger partial charge < -0.3 is 10.1 Å². The first-order chi connectivity index (χ1) is 11.4. The zero-order valence-electron chi connectivity index (χ0n) is 13.2. The number of pyridine rings is 1. The van der Waals surface area contributed by atoms with Gasteiger partial charge in [-0.15, -0.1) is 11.3 Å². The minimum atomic E-state index is -1.15. The van der Waals surface area contributed by atoms with Crippen molar-refractivity contribution in [2.24, 2.45) is 0 Å². The zero-order chi connectivity index (χ0) is 17.3. The van der Waals surface area contributed by atoms with Gasteiger partial charge >= 0.3 is 5.97 Å². The Labute approximate surface area is 142 Å². The summed E-state index contributed by atoms with van der Waals surface area (Å²) in [4.78, 5) is 30.3. The Bertz CT molecular complexity index is 999. The number of aromatic carboxylic acids is 1. The van der Waals surface area contributed by atoms with Gasteiger partial charge in [-0.2, -0.15) is 0 Å². The van der Waals surface area contributed by atoms with E-state index in [4.69, 9.17) is 5.11 Å². The van der Waals surface area contributed by atoms with Gasteiger partial charge in [0.15, 0.2) is 5.43 Å². The van der Waals surface area contributed by atoms with Crippen LogP contribution >= 0.6 is 11.3 Å². The molecule has 3 rings (SSSR count). The summed E-state index contributed by atoms with van der Waals surface area (Å²) in [7, 11) is 0. The highest BCUT2D eigenvalue weighted by molar-refractivity contribution is 7.10. The molecule has 0 unspecified atom stereocenters. The summed E-state index contributed by atoms with van der Waals surface area (Å²) in [5, 5.41) is 12.5. The highest BCUT2D eigenvalue weighted by Gasteiger charge is 2.08. The Morgan fingerprint density at radius 3 is 2.75 bits per heavy atom. The van der Waals surface area contributed by atoms with E-state index >= 15 is 0 Å². The van der Waals surface area contributed by atoms with E-state index in [0.717, 1.165) is 22.3 Å². The number of aromatic nitrogens is 2. The van der Waals surface area contributed by atoms with Crippen molar-refractivity contribution < 1.29 is 9.90 Å². The molecule has 6 heteroatoms. The van der Waals surface area contributed by atoms with Crippen LogP contribution in [0.2, 0.25) is 0 Å². The van der Waals surface area contributed by atoms with Crippen LogP contribution in [0.5, 0.6) is 0 Å². The van der Waals surface area contributed by atoms with Gasteiger partial charge in [0.25, 0.3) is 0 Å². The molecule has 0 saturated heterocycles. The van der Waals surface area contributed by atoms with E-state index in [0.29, 0.717) is 16.8 Å². The second-order valence-corrected chi connectivity index (χ2v) is 6.65. The van der Waals surface area contributed by atoms with Gasteiger partial charge in [-0.05, 0) is 29.7 Å². The van der Waals surface area contributed by atoms with Crippen LogP contribution in [0, 0.1) is 0 Å². The highest BCUT2D eigenvalue weighted by Crippen LogP contribution is 2.20. The summed E-state index contributed by atoms with van der Waals surface area (Å²) in [5.41, 5.74) is 2.01. The van der Waals surface area contributed by atoms with Crippen molar-refractivity contribution in [1.29, 1.82) is 0 Å². The number of carboxylic acids is 1.